The van der Waals surface area contributed by atoms with E-state index in [1.807, 2.05) is 12.1 Å². The van der Waals surface area contributed by atoms with Crippen LogP contribution in [0, 0.1) is 0 Å². The normalized spacial score (nSPS) is 17.6. The van der Waals surface area contributed by atoms with Gasteiger partial charge in [-0.25, -0.2) is 0 Å². The first-order valence-corrected chi connectivity index (χ1v) is 6.24. The highest BCUT2D eigenvalue weighted by Gasteiger charge is 2.34. The Morgan fingerprint density at radius 1 is 0.889 bits per heavy atom. The number of benzene rings is 1. The van der Waals surface area contributed by atoms with E-state index < -0.39 is 0 Å². The van der Waals surface area contributed by atoms with Gasteiger partial charge in [0.1, 0.15) is 5.75 Å². The average Bonchev–Trinajstić information content (AvgIpc) is 2.85. The fourth-order valence-corrected chi connectivity index (χ4v) is 2.69. The number of methoxy groups -OCH3 is 3. The summed E-state index contributed by atoms with van der Waals surface area (Å²) in [5, 5.41) is 0. The Hall–Kier alpha value is -1.42. The topological polar surface area (TPSA) is 53.7 Å². The van der Waals surface area contributed by atoms with Crippen LogP contribution < -0.4 is 19.9 Å². The molecule has 0 saturated heterocycles. The van der Waals surface area contributed by atoms with Crippen LogP contribution in [0.25, 0.3) is 0 Å². The minimum atomic E-state index is -0.301. The van der Waals surface area contributed by atoms with Crippen molar-refractivity contribution in [3.63, 3.8) is 0 Å². The molecule has 1 saturated carbocycles. The molecule has 1 fully saturated rings. The Morgan fingerprint density at radius 2 is 1.39 bits per heavy atom. The summed E-state index contributed by atoms with van der Waals surface area (Å²) in [6.45, 7) is 0. The van der Waals surface area contributed by atoms with E-state index in [0.29, 0.717) is 11.5 Å². The molecule has 2 N–H and O–H groups in total. The first-order valence-electron chi connectivity index (χ1n) is 6.24. The molecule has 1 aliphatic carbocycles. The summed E-state index contributed by atoms with van der Waals surface area (Å²) >= 11 is 0. The number of hydrogen-bond acceptors (Lipinski definition) is 4. The van der Waals surface area contributed by atoms with Crippen LogP contribution in [0.1, 0.15) is 31.2 Å². The lowest BCUT2D eigenvalue weighted by molar-refractivity contribution is 0.339. The quantitative estimate of drug-likeness (QED) is 0.893. The third-order valence-corrected chi connectivity index (χ3v) is 3.74. The lowest BCUT2D eigenvalue weighted by atomic mass is 9.88. The smallest absolute Gasteiger partial charge is 0.164 e. The molecule has 4 heteroatoms. The molecular formula is C14H21NO3. The predicted molar refractivity (Wildman–Crippen MR) is 70.4 cm³/mol. The fourth-order valence-electron chi connectivity index (χ4n) is 2.69. The molecule has 1 aromatic carbocycles. The third kappa shape index (κ3) is 2.12. The van der Waals surface area contributed by atoms with E-state index in [2.05, 4.69) is 0 Å². The molecule has 0 radical (unpaired) electrons. The molecule has 0 aliphatic heterocycles. The van der Waals surface area contributed by atoms with Crippen molar-refractivity contribution in [2.24, 2.45) is 5.73 Å². The van der Waals surface area contributed by atoms with Gasteiger partial charge in [-0.05, 0) is 18.9 Å². The van der Waals surface area contributed by atoms with Gasteiger partial charge in [0.25, 0.3) is 0 Å². The summed E-state index contributed by atoms with van der Waals surface area (Å²) in [7, 11) is 4.90. The second kappa shape index (κ2) is 5.06. The Bertz CT molecular complexity index is 425. The number of ether oxygens (including phenoxy) is 3. The SMILES string of the molecule is COc1cc(OC)c(C2(N)CCCC2)cc1OC. The second-order valence-corrected chi connectivity index (χ2v) is 4.77. The van der Waals surface area contributed by atoms with Gasteiger partial charge in [0.2, 0.25) is 0 Å². The van der Waals surface area contributed by atoms with Gasteiger partial charge in [-0.2, -0.15) is 0 Å². The average molecular weight is 251 g/mol. The minimum absolute atomic E-state index is 0.301. The van der Waals surface area contributed by atoms with Gasteiger partial charge < -0.3 is 19.9 Å². The molecule has 1 aromatic rings. The van der Waals surface area contributed by atoms with Crippen LogP contribution in [0.3, 0.4) is 0 Å². The summed E-state index contributed by atoms with van der Waals surface area (Å²) in [5.74, 6) is 2.14. The van der Waals surface area contributed by atoms with E-state index in [1.165, 1.54) is 0 Å². The van der Waals surface area contributed by atoms with Crippen LogP contribution in [0.2, 0.25) is 0 Å². The molecule has 18 heavy (non-hydrogen) atoms. The third-order valence-electron chi connectivity index (χ3n) is 3.74. The first-order chi connectivity index (χ1) is 8.64. The molecule has 0 amide bonds. The van der Waals surface area contributed by atoms with Crippen LogP contribution in [0.15, 0.2) is 12.1 Å². The van der Waals surface area contributed by atoms with E-state index in [9.17, 15) is 0 Å². The standard InChI is InChI=1S/C14H21NO3/c1-16-11-9-13(18-3)12(17-2)8-10(11)14(15)6-4-5-7-14/h8-9H,4-7,15H2,1-3H3. The zero-order valence-electron chi connectivity index (χ0n) is 11.3. The van der Waals surface area contributed by atoms with Gasteiger partial charge in [0, 0.05) is 17.2 Å². The molecule has 100 valence electrons. The largest absolute Gasteiger partial charge is 0.496 e. The molecule has 0 unspecified atom stereocenters. The van der Waals surface area contributed by atoms with Crippen LogP contribution in [0.5, 0.6) is 17.2 Å². The van der Waals surface area contributed by atoms with Gasteiger partial charge >= 0.3 is 0 Å². The first kappa shape index (κ1) is 13.0. The second-order valence-electron chi connectivity index (χ2n) is 4.77. The van der Waals surface area contributed by atoms with E-state index in [4.69, 9.17) is 19.9 Å². The van der Waals surface area contributed by atoms with Crippen LogP contribution in [-0.2, 0) is 5.54 Å². The maximum absolute atomic E-state index is 6.50. The molecule has 0 atom stereocenters. The van der Waals surface area contributed by atoms with Gasteiger partial charge in [0.05, 0.1) is 21.3 Å². The van der Waals surface area contributed by atoms with Gasteiger partial charge in [-0.15, -0.1) is 0 Å². The number of nitrogens with two attached hydrogens (primary N) is 1. The zero-order chi connectivity index (χ0) is 13.2. The minimum Gasteiger partial charge on any atom is -0.496 e. The Kier molecular flexibility index (Phi) is 3.66. The van der Waals surface area contributed by atoms with Crippen molar-refractivity contribution in [3.8, 4) is 17.2 Å². The number of hydrogen-bond donors (Lipinski definition) is 1. The van der Waals surface area contributed by atoms with Crippen LogP contribution >= 0.6 is 0 Å². The maximum Gasteiger partial charge on any atom is 0.164 e. The fraction of sp³-hybridized carbons (Fsp3) is 0.571. The molecule has 0 bridgehead atoms. The van der Waals surface area contributed by atoms with Crippen molar-refractivity contribution < 1.29 is 14.2 Å². The number of rotatable bonds is 4. The van der Waals surface area contributed by atoms with Gasteiger partial charge in [0.15, 0.2) is 11.5 Å². The summed E-state index contributed by atoms with van der Waals surface area (Å²) < 4.78 is 16.1. The van der Waals surface area contributed by atoms with E-state index >= 15 is 0 Å². The molecular weight excluding hydrogens is 230 g/mol. The molecule has 2 rings (SSSR count). The Labute approximate surface area is 108 Å². The summed E-state index contributed by atoms with van der Waals surface area (Å²) in [6.07, 6.45) is 4.29. The summed E-state index contributed by atoms with van der Waals surface area (Å²) in [5.41, 5.74) is 7.21. The van der Waals surface area contributed by atoms with Crippen molar-refractivity contribution in [3.05, 3.63) is 17.7 Å². The van der Waals surface area contributed by atoms with E-state index in [1.54, 1.807) is 21.3 Å². The van der Waals surface area contributed by atoms with Crippen LogP contribution in [-0.4, -0.2) is 21.3 Å². The highest BCUT2D eigenvalue weighted by Crippen LogP contribution is 2.44. The van der Waals surface area contributed by atoms with Gasteiger partial charge in [-0.1, -0.05) is 12.8 Å². The molecule has 0 aromatic heterocycles. The molecule has 1 aliphatic rings. The van der Waals surface area contributed by atoms with Crippen molar-refractivity contribution in [1.29, 1.82) is 0 Å². The van der Waals surface area contributed by atoms with E-state index in [0.717, 1.165) is 37.0 Å². The summed E-state index contributed by atoms with van der Waals surface area (Å²) in [4.78, 5) is 0. The predicted octanol–water partition coefficient (Wildman–Crippen LogP) is 2.44. The van der Waals surface area contributed by atoms with Crippen molar-refractivity contribution >= 4 is 0 Å². The molecule has 0 spiro atoms. The highest BCUT2D eigenvalue weighted by molar-refractivity contribution is 5.53. The summed E-state index contributed by atoms with van der Waals surface area (Å²) in [6, 6.07) is 3.80. The zero-order valence-corrected chi connectivity index (χ0v) is 11.3. The Morgan fingerprint density at radius 3 is 1.89 bits per heavy atom. The van der Waals surface area contributed by atoms with Crippen LogP contribution in [0.4, 0.5) is 0 Å². The van der Waals surface area contributed by atoms with E-state index in [-0.39, 0.29) is 5.54 Å². The van der Waals surface area contributed by atoms with Crippen molar-refractivity contribution in [2.45, 2.75) is 31.2 Å². The monoisotopic (exact) mass is 251 g/mol. The van der Waals surface area contributed by atoms with Gasteiger partial charge in [-0.3, -0.25) is 0 Å². The van der Waals surface area contributed by atoms with Crippen molar-refractivity contribution in [1.82, 2.24) is 0 Å². The van der Waals surface area contributed by atoms with Crippen molar-refractivity contribution in [2.75, 3.05) is 21.3 Å². The Balaban J connectivity index is 2.51. The molecule has 4 nitrogen and oxygen atoms in total. The maximum atomic E-state index is 6.50. The lowest BCUT2D eigenvalue weighted by Crippen LogP contribution is -2.33. The lowest BCUT2D eigenvalue weighted by Gasteiger charge is -2.27. The molecule has 0 heterocycles. The highest BCUT2D eigenvalue weighted by atomic mass is 16.5.